The van der Waals surface area contributed by atoms with Crippen LogP contribution in [0.1, 0.15) is 139 Å². The van der Waals surface area contributed by atoms with Crippen molar-refractivity contribution in [2.75, 3.05) is 6.61 Å². The molecule has 1 aliphatic rings. The highest BCUT2D eigenvalue weighted by Gasteiger charge is 2.27. The van der Waals surface area contributed by atoms with Crippen LogP contribution < -0.4 is 9.47 Å². The molecule has 2 aromatic rings. The molecule has 0 spiro atoms. The number of hydrogen-bond donors (Lipinski definition) is 0. The van der Waals surface area contributed by atoms with Crippen LogP contribution in [-0.2, 0) is 16.0 Å². The van der Waals surface area contributed by atoms with E-state index in [0.717, 1.165) is 57.1 Å². The Morgan fingerprint density at radius 2 is 1.34 bits per heavy atom. The maximum atomic E-state index is 13.9. The number of alkyl halides is 1. The largest absolute Gasteiger partial charge is 0.494 e. The zero-order chi connectivity index (χ0) is 31.4. The van der Waals surface area contributed by atoms with E-state index < -0.39 is 12.1 Å². The molecule has 1 fully saturated rings. The van der Waals surface area contributed by atoms with Gasteiger partial charge in [-0.05, 0) is 99.2 Å². The lowest BCUT2D eigenvalue weighted by Gasteiger charge is -2.28. The molecular weight excluding hydrogens is 555 g/mol. The number of aryl methyl sites for hydroxylation is 1. The van der Waals surface area contributed by atoms with Gasteiger partial charge in [-0.25, -0.2) is 14.0 Å². The number of unbranched alkanes of at least 4 members (excludes halogenated alkanes) is 9. The summed E-state index contributed by atoms with van der Waals surface area (Å²) in [6.07, 6.45) is 17.3. The minimum absolute atomic E-state index is 0.152. The van der Waals surface area contributed by atoms with Gasteiger partial charge in [-0.1, -0.05) is 90.2 Å². The van der Waals surface area contributed by atoms with Gasteiger partial charge in [0.25, 0.3) is 0 Å². The summed E-state index contributed by atoms with van der Waals surface area (Å²) < 4.78 is 30.8. The van der Waals surface area contributed by atoms with E-state index in [9.17, 15) is 14.0 Å². The standard InChI is InChI=1S/C38H55FO5/c1-3-5-7-8-9-10-11-12-13-29-42-33-27-21-32(22-28-33)37(40)43-34-23-17-30(18-24-34)15-16-31-19-25-35(26-20-31)44-38(41)36(39)14-6-4-2/h17-18,21-24,27-28,31,35-36H,3-16,19-20,25-26,29H2,1-2H3/t31-,35-,36-/m0/s1. The molecule has 3 rings (SSSR count). The number of carbonyl (C=O) groups is 2. The van der Waals surface area contributed by atoms with Crippen LogP contribution in [-0.4, -0.2) is 30.8 Å². The quantitative estimate of drug-likeness (QED) is 0.0799. The first-order valence-corrected chi connectivity index (χ1v) is 17.4. The number of benzene rings is 2. The van der Waals surface area contributed by atoms with E-state index in [2.05, 4.69) is 6.92 Å². The maximum absolute atomic E-state index is 13.9. The highest BCUT2D eigenvalue weighted by molar-refractivity contribution is 5.91. The molecule has 44 heavy (non-hydrogen) atoms. The zero-order valence-corrected chi connectivity index (χ0v) is 27.2. The Hall–Kier alpha value is -2.89. The third-order valence-electron chi connectivity index (χ3n) is 8.73. The molecule has 6 heteroatoms. The van der Waals surface area contributed by atoms with Crippen LogP contribution in [0.5, 0.6) is 11.5 Å². The summed E-state index contributed by atoms with van der Waals surface area (Å²) in [6, 6.07) is 14.9. The molecule has 0 radical (unpaired) electrons. The Labute approximate surface area is 265 Å². The summed E-state index contributed by atoms with van der Waals surface area (Å²) >= 11 is 0. The van der Waals surface area contributed by atoms with E-state index in [-0.39, 0.29) is 18.5 Å². The molecule has 0 saturated heterocycles. The van der Waals surface area contributed by atoms with Gasteiger partial charge >= 0.3 is 11.9 Å². The lowest BCUT2D eigenvalue weighted by atomic mass is 9.83. The van der Waals surface area contributed by atoms with E-state index in [1.165, 1.54) is 56.9 Å². The second kappa shape index (κ2) is 21.0. The van der Waals surface area contributed by atoms with Gasteiger partial charge < -0.3 is 14.2 Å². The predicted octanol–water partition coefficient (Wildman–Crippen LogP) is 10.4. The van der Waals surface area contributed by atoms with Gasteiger partial charge in [0, 0.05) is 0 Å². The average Bonchev–Trinajstić information content (AvgIpc) is 3.05. The van der Waals surface area contributed by atoms with E-state index in [1.54, 1.807) is 12.1 Å². The van der Waals surface area contributed by atoms with E-state index >= 15 is 0 Å². The fourth-order valence-electron chi connectivity index (χ4n) is 5.83. The Morgan fingerprint density at radius 1 is 0.750 bits per heavy atom. The molecule has 244 valence electrons. The molecule has 1 aliphatic carbocycles. The van der Waals surface area contributed by atoms with E-state index in [4.69, 9.17) is 14.2 Å². The first kappa shape index (κ1) is 35.6. The van der Waals surface area contributed by atoms with E-state index in [0.29, 0.717) is 30.3 Å². The van der Waals surface area contributed by atoms with Crippen molar-refractivity contribution in [3.63, 3.8) is 0 Å². The molecule has 1 atom stereocenters. The van der Waals surface area contributed by atoms with Gasteiger partial charge in [0.05, 0.1) is 12.2 Å². The first-order valence-electron chi connectivity index (χ1n) is 17.4. The van der Waals surface area contributed by atoms with Crippen molar-refractivity contribution in [3.05, 3.63) is 59.7 Å². The van der Waals surface area contributed by atoms with Crippen molar-refractivity contribution in [3.8, 4) is 11.5 Å². The monoisotopic (exact) mass is 610 g/mol. The maximum Gasteiger partial charge on any atom is 0.343 e. The third kappa shape index (κ3) is 13.8. The number of hydrogen-bond acceptors (Lipinski definition) is 5. The summed E-state index contributed by atoms with van der Waals surface area (Å²) in [4.78, 5) is 24.6. The van der Waals surface area contributed by atoms with Crippen molar-refractivity contribution in [2.24, 2.45) is 5.92 Å². The van der Waals surface area contributed by atoms with Crippen molar-refractivity contribution < 1.29 is 28.2 Å². The van der Waals surface area contributed by atoms with Crippen molar-refractivity contribution >= 4 is 11.9 Å². The van der Waals surface area contributed by atoms with Gasteiger partial charge in [0.2, 0.25) is 0 Å². The third-order valence-corrected chi connectivity index (χ3v) is 8.73. The normalized spacial score (nSPS) is 17.2. The molecule has 0 aromatic heterocycles. The number of ether oxygens (including phenoxy) is 3. The molecule has 0 heterocycles. The van der Waals surface area contributed by atoms with Gasteiger partial charge in [-0.3, -0.25) is 0 Å². The molecule has 2 aromatic carbocycles. The molecule has 0 bridgehead atoms. The molecule has 5 nitrogen and oxygen atoms in total. The second-order valence-corrected chi connectivity index (χ2v) is 12.5. The van der Waals surface area contributed by atoms with Crippen molar-refractivity contribution in [2.45, 2.75) is 142 Å². The first-order chi connectivity index (χ1) is 21.5. The lowest BCUT2D eigenvalue weighted by Crippen LogP contribution is -2.29. The number of halogens is 1. The van der Waals surface area contributed by atoms with Crippen molar-refractivity contribution in [1.29, 1.82) is 0 Å². The smallest absolute Gasteiger partial charge is 0.343 e. The van der Waals surface area contributed by atoms with Crippen LogP contribution in [0.25, 0.3) is 0 Å². The molecule has 1 saturated carbocycles. The van der Waals surface area contributed by atoms with Crippen LogP contribution in [0.4, 0.5) is 4.39 Å². The summed E-state index contributed by atoms with van der Waals surface area (Å²) in [5, 5.41) is 0. The SMILES string of the molecule is CCCCCCCCCCCOc1ccc(C(=O)Oc2ccc(CC[C@H]3CC[C@H](OC(=O)[C@@H](F)CCCC)CC3)cc2)cc1. The number of carbonyl (C=O) groups excluding carboxylic acids is 2. The van der Waals surface area contributed by atoms with Crippen molar-refractivity contribution in [1.82, 2.24) is 0 Å². The van der Waals surface area contributed by atoms with Crippen LogP contribution in [0.3, 0.4) is 0 Å². The van der Waals surface area contributed by atoms with Gasteiger partial charge in [0.15, 0.2) is 6.17 Å². The van der Waals surface area contributed by atoms with Crippen LogP contribution in [0.2, 0.25) is 0 Å². The van der Waals surface area contributed by atoms with Crippen LogP contribution in [0.15, 0.2) is 48.5 Å². The Bertz CT molecular complexity index is 1060. The topological polar surface area (TPSA) is 61.8 Å². The summed E-state index contributed by atoms with van der Waals surface area (Å²) in [7, 11) is 0. The number of esters is 2. The van der Waals surface area contributed by atoms with Gasteiger partial charge in [0.1, 0.15) is 17.6 Å². The fourth-order valence-corrected chi connectivity index (χ4v) is 5.83. The van der Waals surface area contributed by atoms with Gasteiger partial charge in [-0.15, -0.1) is 0 Å². The Balaban J connectivity index is 1.28. The fraction of sp³-hybridized carbons (Fsp3) is 0.632. The molecule has 0 N–H and O–H groups in total. The summed E-state index contributed by atoms with van der Waals surface area (Å²) in [6.45, 7) is 4.93. The molecule has 0 amide bonds. The summed E-state index contributed by atoms with van der Waals surface area (Å²) in [5.74, 6) is 0.798. The predicted molar refractivity (Wildman–Crippen MR) is 175 cm³/mol. The summed E-state index contributed by atoms with van der Waals surface area (Å²) in [5.41, 5.74) is 1.69. The van der Waals surface area contributed by atoms with Crippen LogP contribution >= 0.6 is 0 Å². The van der Waals surface area contributed by atoms with E-state index in [1.807, 2.05) is 43.3 Å². The molecule has 0 aliphatic heterocycles. The lowest BCUT2D eigenvalue weighted by molar-refractivity contribution is -0.157. The second-order valence-electron chi connectivity index (χ2n) is 12.5. The Morgan fingerprint density at radius 3 is 1.98 bits per heavy atom. The minimum Gasteiger partial charge on any atom is -0.494 e. The number of rotatable bonds is 21. The Kier molecular flexibility index (Phi) is 16.9. The zero-order valence-electron chi connectivity index (χ0n) is 27.2. The average molecular weight is 611 g/mol. The van der Waals surface area contributed by atoms with Gasteiger partial charge in [-0.2, -0.15) is 0 Å². The minimum atomic E-state index is -1.49. The molecule has 0 unspecified atom stereocenters. The molecular formula is C38H55FO5. The van der Waals surface area contributed by atoms with Crippen LogP contribution in [0, 0.1) is 5.92 Å². The highest BCUT2D eigenvalue weighted by atomic mass is 19.1. The highest BCUT2D eigenvalue weighted by Crippen LogP contribution is 2.30.